The van der Waals surface area contributed by atoms with Gasteiger partial charge in [0.1, 0.15) is 12.3 Å². The highest BCUT2D eigenvalue weighted by molar-refractivity contribution is 5.96. The lowest BCUT2D eigenvalue weighted by molar-refractivity contribution is -0.663. The molecular weight excluding hydrogens is 348 g/mol. The van der Waals surface area contributed by atoms with Crippen LogP contribution >= 0.6 is 0 Å². The molecule has 0 unspecified atom stereocenters. The van der Waals surface area contributed by atoms with Crippen LogP contribution < -0.4 is 9.30 Å². The quantitative estimate of drug-likeness (QED) is 0.396. The van der Waals surface area contributed by atoms with Gasteiger partial charge in [-0.1, -0.05) is 48.5 Å². The summed E-state index contributed by atoms with van der Waals surface area (Å²) in [5.74, 6) is 1.12. The Kier molecular flexibility index (Phi) is 4.17. The summed E-state index contributed by atoms with van der Waals surface area (Å²) < 4.78 is 9.87. The maximum Gasteiger partial charge on any atom is 0.245 e. The fourth-order valence-electron chi connectivity index (χ4n) is 3.90. The Balaban J connectivity index is 1.48. The summed E-state index contributed by atoms with van der Waals surface area (Å²) in [4.78, 5) is 12.7. The fraction of sp³-hybridized carbons (Fsp3) is 0.167. The van der Waals surface area contributed by atoms with Gasteiger partial charge in [-0.2, -0.15) is 0 Å². The topological polar surface area (TPSA) is 35.1 Å². The minimum atomic E-state index is 0.114. The van der Waals surface area contributed by atoms with Crippen LogP contribution in [0.4, 0.5) is 0 Å². The van der Waals surface area contributed by atoms with Crippen LogP contribution in [0.25, 0.3) is 11.0 Å². The van der Waals surface area contributed by atoms with Crippen LogP contribution in [0, 0.1) is 0 Å². The molecule has 1 aromatic heterocycles. The van der Waals surface area contributed by atoms with Crippen molar-refractivity contribution >= 4 is 16.8 Å². The molecule has 4 nitrogen and oxygen atoms in total. The van der Waals surface area contributed by atoms with Crippen molar-refractivity contribution in [3.05, 3.63) is 95.8 Å². The first-order valence-electron chi connectivity index (χ1n) is 9.58. The average molecular weight is 369 g/mol. The predicted molar refractivity (Wildman–Crippen MR) is 108 cm³/mol. The molecule has 5 rings (SSSR count). The third-order valence-electron chi connectivity index (χ3n) is 5.30. The number of aromatic nitrogens is 2. The molecule has 0 radical (unpaired) electrons. The largest absolute Gasteiger partial charge is 0.493 e. The summed E-state index contributed by atoms with van der Waals surface area (Å²) in [7, 11) is 0. The van der Waals surface area contributed by atoms with Gasteiger partial charge in [-0.05, 0) is 35.4 Å². The molecule has 4 aromatic rings. The molecule has 138 valence electrons. The number of ketones is 1. The highest BCUT2D eigenvalue weighted by atomic mass is 16.5. The number of hydrogen-bond acceptors (Lipinski definition) is 2. The third kappa shape index (κ3) is 3.07. The van der Waals surface area contributed by atoms with Crippen LogP contribution in [-0.2, 0) is 19.5 Å². The first-order chi connectivity index (χ1) is 13.8. The Hall–Kier alpha value is -3.40. The third-order valence-corrected chi connectivity index (χ3v) is 5.30. The minimum Gasteiger partial charge on any atom is -0.493 e. The first kappa shape index (κ1) is 16.8. The SMILES string of the molecule is O=C(Cn1c[n+](Cc2ccc3c(c2)CCO3)c2ccccc21)c1ccccc1. The second kappa shape index (κ2) is 6.97. The Morgan fingerprint density at radius 1 is 1.00 bits per heavy atom. The van der Waals surface area contributed by atoms with E-state index in [0.717, 1.165) is 41.9 Å². The molecule has 0 fully saturated rings. The zero-order valence-corrected chi connectivity index (χ0v) is 15.5. The number of imidazole rings is 1. The molecule has 0 saturated heterocycles. The lowest BCUT2D eigenvalue weighted by Gasteiger charge is -2.02. The van der Waals surface area contributed by atoms with E-state index >= 15 is 0 Å². The van der Waals surface area contributed by atoms with Crippen molar-refractivity contribution in [3.8, 4) is 5.75 Å². The van der Waals surface area contributed by atoms with E-state index in [4.69, 9.17) is 4.74 Å². The highest BCUT2D eigenvalue weighted by Crippen LogP contribution is 2.26. The molecule has 0 amide bonds. The Morgan fingerprint density at radius 3 is 2.71 bits per heavy atom. The van der Waals surface area contributed by atoms with Crippen molar-refractivity contribution < 1.29 is 14.1 Å². The van der Waals surface area contributed by atoms with Crippen LogP contribution in [-0.4, -0.2) is 17.0 Å². The van der Waals surface area contributed by atoms with E-state index in [1.165, 1.54) is 11.1 Å². The Morgan fingerprint density at radius 2 is 1.82 bits per heavy atom. The average Bonchev–Trinajstić information content (AvgIpc) is 3.34. The van der Waals surface area contributed by atoms with Crippen molar-refractivity contribution in [2.24, 2.45) is 0 Å². The molecule has 2 heterocycles. The number of fused-ring (bicyclic) bond motifs is 2. The van der Waals surface area contributed by atoms with E-state index in [0.29, 0.717) is 6.54 Å². The van der Waals surface area contributed by atoms with Crippen molar-refractivity contribution in [2.45, 2.75) is 19.5 Å². The molecule has 28 heavy (non-hydrogen) atoms. The summed E-state index contributed by atoms with van der Waals surface area (Å²) >= 11 is 0. The van der Waals surface area contributed by atoms with Crippen LogP contribution in [0.2, 0.25) is 0 Å². The molecule has 0 spiro atoms. The molecule has 0 aliphatic carbocycles. The number of carbonyl (C=O) groups excluding carboxylic acids is 1. The van der Waals surface area contributed by atoms with Gasteiger partial charge in [-0.25, -0.2) is 9.13 Å². The van der Waals surface area contributed by atoms with Gasteiger partial charge in [0.15, 0.2) is 17.6 Å². The lowest BCUT2D eigenvalue weighted by Crippen LogP contribution is -2.33. The lowest BCUT2D eigenvalue weighted by atomic mass is 10.1. The van der Waals surface area contributed by atoms with Crippen molar-refractivity contribution in [1.82, 2.24) is 4.57 Å². The van der Waals surface area contributed by atoms with E-state index in [-0.39, 0.29) is 5.78 Å². The number of Topliss-reactive ketones (excluding diaryl/α,β-unsaturated/α-hetero) is 1. The molecule has 0 N–H and O–H groups in total. The van der Waals surface area contributed by atoms with E-state index in [1.54, 1.807) is 0 Å². The maximum atomic E-state index is 12.7. The fourth-order valence-corrected chi connectivity index (χ4v) is 3.90. The van der Waals surface area contributed by atoms with Gasteiger partial charge in [-0.15, -0.1) is 0 Å². The molecule has 0 saturated carbocycles. The molecule has 1 aliphatic rings. The Labute approximate surface area is 163 Å². The van der Waals surface area contributed by atoms with Crippen LogP contribution in [0.15, 0.2) is 79.1 Å². The second-order valence-electron chi connectivity index (χ2n) is 7.19. The van der Waals surface area contributed by atoms with Gasteiger partial charge < -0.3 is 4.74 Å². The number of ether oxygens (including phenoxy) is 1. The molecule has 0 atom stereocenters. The van der Waals surface area contributed by atoms with Crippen molar-refractivity contribution in [2.75, 3.05) is 6.61 Å². The summed E-state index contributed by atoms with van der Waals surface area (Å²) in [6.07, 6.45) is 3.02. The number of rotatable bonds is 5. The van der Waals surface area contributed by atoms with Crippen LogP contribution in [0.3, 0.4) is 0 Å². The highest BCUT2D eigenvalue weighted by Gasteiger charge is 2.19. The summed E-state index contributed by atoms with van der Waals surface area (Å²) in [5, 5.41) is 0. The second-order valence-corrected chi connectivity index (χ2v) is 7.19. The van der Waals surface area contributed by atoms with Crippen LogP contribution in [0.1, 0.15) is 21.5 Å². The van der Waals surface area contributed by atoms with Crippen molar-refractivity contribution in [1.29, 1.82) is 0 Å². The van der Waals surface area contributed by atoms with Gasteiger partial charge in [0.25, 0.3) is 0 Å². The zero-order valence-electron chi connectivity index (χ0n) is 15.5. The number of para-hydroxylation sites is 2. The molecular formula is C24H21N2O2+. The van der Waals surface area contributed by atoms with E-state index < -0.39 is 0 Å². The molecule has 1 aliphatic heterocycles. The number of carbonyl (C=O) groups is 1. The van der Waals surface area contributed by atoms with Gasteiger partial charge in [-0.3, -0.25) is 4.79 Å². The van der Waals surface area contributed by atoms with E-state index in [2.05, 4.69) is 41.2 Å². The van der Waals surface area contributed by atoms with Gasteiger partial charge in [0.2, 0.25) is 12.1 Å². The zero-order chi connectivity index (χ0) is 18.9. The van der Waals surface area contributed by atoms with Crippen LogP contribution in [0.5, 0.6) is 5.75 Å². The van der Waals surface area contributed by atoms with Gasteiger partial charge >= 0.3 is 0 Å². The maximum absolute atomic E-state index is 12.7. The standard InChI is InChI=1S/C24H21N2O2/c27-23(19-6-2-1-3-7-19)16-26-17-25(21-8-4-5-9-22(21)26)15-18-10-11-24-20(14-18)12-13-28-24/h1-11,14,17H,12-13,15-16H2/q+1. The Bertz CT molecular complexity index is 1160. The number of hydrogen-bond donors (Lipinski definition) is 0. The summed E-state index contributed by atoms with van der Waals surface area (Å²) in [6, 6.07) is 24.1. The summed E-state index contributed by atoms with van der Waals surface area (Å²) in [6.45, 7) is 1.86. The number of benzene rings is 3. The summed E-state index contributed by atoms with van der Waals surface area (Å²) in [5.41, 5.74) is 5.45. The van der Waals surface area contributed by atoms with Gasteiger partial charge in [0, 0.05) is 12.0 Å². The number of nitrogens with zero attached hydrogens (tertiary/aromatic N) is 2. The monoisotopic (exact) mass is 369 g/mol. The predicted octanol–water partition coefficient (Wildman–Crippen LogP) is 3.79. The van der Waals surface area contributed by atoms with Gasteiger partial charge in [0.05, 0.1) is 6.61 Å². The minimum absolute atomic E-state index is 0.114. The smallest absolute Gasteiger partial charge is 0.245 e. The molecule has 3 aromatic carbocycles. The van der Waals surface area contributed by atoms with E-state index in [9.17, 15) is 4.79 Å². The van der Waals surface area contributed by atoms with Crippen molar-refractivity contribution in [3.63, 3.8) is 0 Å². The van der Waals surface area contributed by atoms with E-state index in [1.807, 2.05) is 47.0 Å². The molecule has 4 heteroatoms. The first-order valence-corrected chi connectivity index (χ1v) is 9.58. The normalized spacial score (nSPS) is 12.7. The molecule has 0 bridgehead atoms.